The first-order chi connectivity index (χ1) is 13.4. The van der Waals surface area contributed by atoms with Gasteiger partial charge in [-0.15, -0.1) is 0 Å². The minimum atomic E-state index is -1.39. The molecular weight excluding hydrogens is 368 g/mol. The van der Waals surface area contributed by atoms with Crippen molar-refractivity contribution in [2.24, 2.45) is 5.41 Å². The van der Waals surface area contributed by atoms with E-state index < -0.39 is 23.3 Å². The van der Waals surface area contributed by atoms with Crippen LogP contribution >= 0.6 is 0 Å². The fourth-order valence-electron chi connectivity index (χ4n) is 3.64. The van der Waals surface area contributed by atoms with Crippen LogP contribution in [-0.4, -0.2) is 45.8 Å². The molecule has 28 heavy (non-hydrogen) atoms. The molecule has 0 aromatic heterocycles. The molecule has 1 heterocycles. The molecule has 150 valence electrons. The van der Waals surface area contributed by atoms with E-state index in [1.165, 1.54) is 21.3 Å². The van der Waals surface area contributed by atoms with Crippen LogP contribution < -0.4 is 9.47 Å². The second-order valence-corrected chi connectivity index (χ2v) is 6.73. The van der Waals surface area contributed by atoms with Crippen molar-refractivity contribution in [2.75, 3.05) is 27.9 Å². The Hall–Kier alpha value is -3.03. The van der Waals surface area contributed by atoms with Gasteiger partial charge in [0.1, 0.15) is 30.3 Å². The minimum Gasteiger partial charge on any atom is -0.496 e. The Morgan fingerprint density at radius 3 is 2.43 bits per heavy atom. The normalized spacial score (nSPS) is 16.7. The van der Waals surface area contributed by atoms with Crippen LogP contribution in [0.15, 0.2) is 17.7 Å². The third kappa shape index (κ3) is 3.08. The average Bonchev–Trinajstić information content (AvgIpc) is 3.32. The lowest BCUT2D eigenvalue weighted by Gasteiger charge is -2.23. The number of allylic oxidation sites excluding steroid dienone is 1. The maximum absolute atomic E-state index is 12.2. The van der Waals surface area contributed by atoms with E-state index in [9.17, 15) is 14.4 Å². The van der Waals surface area contributed by atoms with Gasteiger partial charge in [-0.25, -0.2) is 4.79 Å². The molecule has 0 unspecified atom stereocenters. The summed E-state index contributed by atoms with van der Waals surface area (Å²) in [6, 6.07) is 1.64. The van der Waals surface area contributed by atoms with Crippen LogP contribution in [0.25, 0.3) is 0 Å². The molecule has 0 atom stereocenters. The number of ether oxygens (including phenoxy) is 5. The number of carbonyl (C=O) groups is 3. The van der Waals surface area contributed by atoms with Crippen molar-refractivity contribution in [1.82, 2.24) is 0 Å². The molecule has 0 radical (unpaired) electrons. The Bertz CT molecular complexity index is 851. The molecule has 8 nitrogen and oxygen atoms in total. The molecule has 1 aliphatic heterocycles. The Balaban J connectivity index is 1.81. The van der Waals surface area contributed by atoms with Gasteiger partial charge in [-0.05, 0) is 30.9 Å². The number of fused-ring (bicyclic) bond motifs is 1. The summed E-state index contributed by atoms with van der Waals surface area (Å²) in [6.07, 6.45) is 2.06. The summed E-state index contributed by atoms with van der Waals surface area (Å²) in [6.45, 7) is 2.12. The zero-order valence-corrected chi connectivity index (χ0v) is 16.2. The first-order valence-electron chi connectivity index (χ1n) is 8.73. The number of benzene rings is 1. The zero-order valence-electron chi connectivity index (χ0n) is 16.2. The van der Waals surface area contributed by atoms with Crippen molar-refractivity contribution in [3.05, 3.63) is 34.4 Å². The van der Waals surface area contributed by atoms with Crippen LogP contribution in [0, 0.1) is 12.3 Å². The molecule has 0 spiro atoms. The number of esters is 3. The molecule has 0 bridgehead atoms. The highest BCUT2D eigenvalue weighted by molar-refractivity contribution is 6.01. The smallest absolute Gasteiger partial charge is 0.342 e. The van der Waals surface area contributed by atoms with Gasteiger partial charge in [0.25, 0.3) is 0 Å². The van der Waals surface area contributed by atoms with Gasteiger partial charge in [0.15, 0.2) is 5.41 Å². The predicted molar refractivity (Wildman–Crippen MR) is 96.1 cm³/mol. The summed E-state index contributed by atoms with van der Waals surface area (Å²) in [5.41, 5.74) is 1.28. The highest BCUT2D eigenvalue weighted by atomic mass is 16.6. The maximum Gasteiger partial charge on any atom is 0.342 e. The van der Waals surface area contributed by atoms with E-state index >= 15 is 0 Å². The van der Waals surface area contributed by atoms with Crippen LogP contribution in [0.4, 0.5) is 0 Å². The lowest BCUT2D eigenvalue weighted by Crippen LogP contribution is -2.39. The first-order valence-corrected chi connectivity index (χ1v) is 8.73. The van der Waals surface area contributed by atoms with Crippen LogP contribution in [0.5, 0.6) is 11.5 Å². The predicted octanol–water partition coefficient (Wildman–Crippen LogP) is 2.11. The molecule has 1 aromatic rings. The number of methoxy groups -OCH3 is 3. The summed E-state index contributed by atoms with van der Waals surface area (Å²) >= 11 is 0. The molecule has 0 amide bonds. The van der Waals surface area contributed by atoms with Gasteiger partial charge in [-0.2, -0.15) is 0 Å². The highest BCUT2D eigenvalue weighted by Crippen LogP contribution is 2.41. The van der Waals surface area contributed by atoms with Gasteiger partial charge in [0, 0.05) is 11.6 Å². The molecular formula is C20H22O8. The number of cyclic esters (lactones) is 1. The standard InChI is InChI=1S/C20H22O8/c1-11-13-10-28-17(21)16(13)15(7-14(11)24-2)27-9-12-5-6-20(8-12,18(22)25-3)19(23)26-4/h5,7H,6,8-10H2,1-4H3. The van der Waals surface area contributed by atoms with E-state index in [1.807, 2.05) is 6.92 Å². The topological polar surface area (TPSA) is 97.4 Å². The lowest BCUT2D eigenvalue weighted by molar-refractivity contribution is -0.168. The molecule has 8 heteroatoms. The second kappa shape index (κ2) is 7.53. The van der Waals surface area contributed by atoms with Crippen molar-refractivity contribution in [1.29, 1.82) is 0 Å². The SMILES string of the molecule is COC(=O)C1(C(=O)OC)CC=C(COc2cc(OC)c(C)c3c2C(=O)OC3)C1. The largest absolute Gasteiger partial charge is 0.496 e. The van der Waals surface area contributed by atoms with Crippen LogP contribution in [0.1, 0.15) is 34.3 Å². The number of carbonyl (C=O) groups excluding carboxylic acids is 3. The summed E-state index contributed by atoms with van der Waals surface area (Å²) in [7, 11) is 4.00. The Morgan fingerprint density at radius 1 is 1.14 bits per heavy atom. The van der Waals surface area contributed by atoms with E-state index in [4.69, 9.17) is 23.7 Å². The van der Waals surface area contributed by atoms with Crippen molar-refractivity contribution < 1.29 is 38.1 Å². The van der Waals surface area contributed by atoms with Gasteiger partial charge in [-0.3, -0.25) is 9.59 Å². The Labute approximate surface area is 162 Å². The third-order valence-electron chi connectivity index (χ3n) is 5.24. The van der Waals surface area contributed by atoms with Crippen molar-refractivity contribution in [3.8, 4) is 11.5 Å². The van der Waals surface area contributed by atoms with Gasteiger partial charge in [-0.1, -0.05) is 6.08 Å². The Morgan fingerprint density at radius 2 is 1.82 bits per heavy atom. The third-order valence-corrected chi connectivity index (χ3v) is 5.24. The first kappa shape index (κ1) is 19.7. The van der Waals surface area contributed by atoms with E-state index in [0.29, 0.717) is 17.1 Å². The summed E-state index contributed by atoms with van der Waals surface area (Å²) in [5, 5.41) is 0. The summed E-state index contributed by atoms with van der Waals surface area (Å²) < 4.78 is 26.0. The molecule has 1 aliphatic carbocycles. The van der Waals surface area contributed by atoms with Crippen LogP contribution in [-0.2, 0) is 30.4 Å². The fraction of sp³-hybridized carbons (Fsp3) is 0.450. The van der Waals surface area contributed by atoms with Crippen molar-refractivity contribution >= 4 is 17.9 Å². The zero-order chi connectivity index (χ0) is 20.5. The van der Waals surface area contributed by atoms with Crippen LogP contribution in [0.3, 0.4) is 0 Å². The van der Waals surface area contributed by atoms with Crippen molar-refractivity contribution in [2.45, 2.75) is 26.4 Å². The Kier molecular flexibility index (Phi) is 5.31. The molecule has 0 fully saturated rings. The maximum atomic E-state index is 12.2. The van der Waals surface area contributed by atoms with E-state index in [0.717, 1.165) is 16.7 Å². The quantitative estimate of drug-likeness (QED) is 0.315. The second-order valence-electron chi connectivity index (χ2n) is 6.73. The van der Waals surface area contributed by atoms with E-state index in [1.54, 1.807) is 12.1 Å². The number of rotatable bonds is 6. The molecule has 2 aliphatic rings. The fourth-order valence-corrected chi connectivity index (χ4v) is 3.64. The molecule has 0 N–H and O–H groups in total. The molecule has 3 rings (SSSR count). The summed E-state index contributed by atoms with van der Waals surface area (Å²) in [5.74, 6) is -0.811. The highest BCUT2D eigenvalue weighted by Gasteiger charge is 2.51. The van der Waals surface area contributed by atoms with Crippen LogP contribution in [0.2, 0.25) is 0 Å². The molecule has 0 saturated heterocycles. The van der Waals surface area contributed by atoms with Crippen molar-refractivity contribution in [3.63, 3.8) is 0 Å². The van der Waals surface area contributed by atoms with Gasteiger partial charge >= 0.3 is 17.9 Å². The van der Waals surface area contributed by atoms with Gasteiger partial charge in [0.05, 0.1) is 21.3 Å². The van der Waals surface area contributed by atoms with Gasteiger partial charge in [0.2, 0.25) is 0 Å². The minimum absolute atomic E-state index is 0.0989. The molecule has 0 saturated carbocycles. The van der Waals surface area contributed by atoms with E-state index in [2.05, 4.69) is 0 Å². The average molecular weight is 390 g/mol. The van der Waals surface area contributed by atoms with Gasteiger partial charge < -0.3 is 23.7 Å². The molecule has 1 aromatic carbocycles. The number of hydrogen-bond acceptors (Lipinski definition) is 8. The monoisotopic (exact) mass is 390 g/mol. The van der Waals surface area contributed by atoms with E-state index in [-0.39, 0.29) is 26.1 Å². The lowest BCUT2D eigenvalue weighted by atomic mass is 9.84. The number of hydrogen-bond donors (Lipinski definition) is 0. The summed E-state index contributed by atoms with van der Waals surface area (Å²) in [4.78, 5) is 36.5.